The summed E-state index contributed by atoms with van der Waals surface area (Å²) < 4.78 is 2.27. The SMILES string of the molecule is CC(C)c1cccc(C(C)C)c1-n1cc(-c2cccc3ccccc23)nc1-c1ccc2c(n1)-c1c(O)cccc1C2(C)C. The molecule has 6 aromatic rings. The normalized spacial score (nSPS) is 13.6. The minimum Gasteiger partial charge on any atom is -0.507 e. The molecule has 0 saturated heterocycles. The molecule has 1 N–H and O–H groups in total. The van der Waals surface area contributed by atoms with Crippen LogP contribution in [0.3, 0.4) is 0 Å². The predicted octanol–water partition coefficient (Wildman–Crippen LogP) is 10.0. The van der Waals surface area contributed by atoms with Crippen LogP contribution in [0.4, 0.5) is 0 Å². The van der Waals surface area contributed by atoms with Gasteiger partial charge >= 0.3 is 0 Å². The summed E-state index contributed by atoms with van der Waals surface area (Å²) in [6, 6.07) is 31.6. The summed E-state index contributed by atoms with van der Waals surface area (Å²) in [4.78, 5) is 10.6. The molecule has 0 fully saturated rings. The molecular weight excluding hydrogens is 526 g/mol. The first kappa shape index (κ1) is 27.2. The van der Waals surface area contributed by atoms with Crippen molar-refractivity contribution >= 4 is 10.8 Å². The number of phenolic OH excluding ortho intramolecular Hbond substituents is 1. The highest BCUT2D eigenvalue weighted by atomic mass is 16.3. The number of phenols is 1. The molecule has 1 aliphatic carbocycles. The fourth-order valence-electron chi connectivity index (χ4n) is 6.83. The minimum atomic E-state index is -0.256. The van der Waals surface area contributed by atoms with E-state index in [4.69, 9.17) is 9.97 Å². The number of fused-ring (bicyclic) bond motifs is 4. The van der Waals surface area contributed by atoms with E-state index in [0.29, 0.717) is 11.8 Å². The lowest BCUT2D eigenvalue weighted by molar-refractivity contribution is 0.476. The molecule has 214 valence electrons. The molecule has 7 rings (SSSR count). The molecule has 4 nitrogen and oxygen atoms in total. The second-order valence-corrected chi connectivity index (χ2v) is 12.9. The van der Waals surface area contributed by atoms with Crippen molar-refractivity contribution < 1.29 is 5.11 Å². The third kappa shape index (κ3) is 4.19. The van der Waals surface area contributed by atoms with Gasteiger partial charge in [0.1, 0.15) is 11.4 Å². The van der Waals surface area contributed by atoms with Gasteiger partial charge in [-0.2, -0.15) is 0 Å². The highest BCUT2D eigenvalue weighted by Gasteiger charge is 2.38. The number of aromatic hydroxyl groups is 1. The summed E-state index contributed by atoms with van der Waals surface area (Å²) in [5.41, 5.74) is 10.1. The summed E-state index contributed by atoms with van der Waals surface area (Å²) in [7, 11) is 0. The van der Waals surface area contributed by atoms with Gasteiger partial charge in [-0.25, -0.2) is 9.97 Å². The Morgan fingerprint density at radius 2 is 1.35 bits per heavy atom. The second kappa shape index (κ2) is 9.95. The highest BCUT2D eigenvalue weighted by Crippen LogP contribution is 2.51. The van der Waals surface area contributed by atoms with Gasteiger partial charge in [-0.15, -0.1) is 0 Å². The fraction of sp³-hybridized carbons (Fsp3) is 0.231. The van der Waals surface area contributed by atoms with Crippen molar-refractivity contribution in [2.45, 2.75) is 58.8 Å². The van der Waals surface area contributed by atoms with Crippen LogP contribution >= 0.6 is 0 Å². The summed E-state index contributed by atoms with van der Waals surface area (Å²) >= 11 is 0. The molecule has 0 atom stereocenters. The Morgan fingerprint density at radius 1 is 0.674 bits per heavy atom. The Bertz CT molecular complexity index is 2000. The van der Waals surface area contributed by atoms with Crippen LogP contribution in [0.15, 0.2) is 97.2 Å². The first-order chi connectivity index (χ1) is 20.7. The Morgan fingerprint density at radius 3 is 2.09 bits per heavy atom. The van der Waals surface area contributed by atoms with Gasteiger partial charge in [-0.1, -0.05) is 120 Å². The third-order valence-electron chi connectivity index (χ3n) is 9.11. The van der Waals surface area contributed by atoms with Crippen molar-refractivity contribution in [1.82, 2.24) is 14.5 Å². The molecule has 2 heterocycles. The maximum Gasteiger partial charge on any atom is 0.163 e. The van der Waals surface area contributed by atoms with Crippen LogP contribution in [0, 0.1) is 0 Å². The van der Waals surface area contributed by atoms with E-state index in [9.17, 15) is 5.11 Å². The molecule has 4 aromatic carbocycles. The van der Waals surface area contributed by atoms with E-state index in [2.05, 4.69) is 131 Å². The molecular formula is C39H37N3O. The standard InChI is InChI=1S/C39H37N3O/c1-23(2)26-15-10-16-27(24(3)4)37(26)42-22-33(29-17-9-13-25-12-7-8-14-28(25)29)41-38(42)32-21-20-31-36(40-32)35-30(39(31,5)6)18-11-19-34(35)43/h7-24,43H,1-6H3. The smallest absolute Gasteiger partial charge is 0.163 e. The Labute approximate surface area is 253 Å². The van der Waals surface area contributed by atoms with E-state index in [-0.39, 0.29) is 11.2 Å². The molecule has 0 bridgehead atoms. The molecule has 0 saturated carbocycles. The summed E-state index contributed by atoms with van der Waals surface area (Å²) in [6.07, 6.45) is 2.19. The van der Waals surface area contributed by atoms with E-state index in [1.165, 1.54) is 27.6 Å². The summed E-state index contributed by atoms with van der Waals surface area (Å²) in [6.45, 7) is 13.4. The van der Waals surface area contributed by atoms with Gasteiger partial charge in [0, 0.05) is 22.7 Å². The number of imidazole rings is 1. The molecule has 1 aliphatic rings. The molecule has 0 spiro atoms. The number of para-hydroxylation sites is 1. The first-order valence-corrected chi connectivity index (χ1v) is 15.2. The predicted molar refractivity (Wildman–Crippen MR) is 177 cm³/mol. The van der Waals surface area contributed by atoms with Gasteiger partial charge in [0.2, 0.25) is 0 Å². The molecule has 0 aliphatic heterocycles. The zero-order valence-corrected chi connectivity index (χ0v) is 25.7. The minimum absolute atomic E-state index is 0.256. The van der Waals surface area contributed by atoms with Gasteiger partial charge in [0.15, 0.2) is 5.82 Å². The molecule has 0 unspecified atom stereocenters. The van der Waals surface area contributed by atoms with E-state index >= 15 is 0 Å². The van der Waals surface area contributed by atoms with Crippen molar-refractivity contribution in [1.29, 1.82) is 0 Å². The average Bonchev–Trinajstić information content (AvgIpc) is 3.54. The van der Waals surface area contributed by atoms with Crippen molar-refractivity contribution in [3.05, 3.63) is 119 Å². The van der Waals surface area contributed by atoms with E-state index in [1.807, 2.05) is 6.07 Å². The first-order valence-electron chi connectivity index (χ1n) is 15.2. The van der Waals surface area contributed by atoms with Gasteiger partial charge in [-0.3, -0.25) is 4.57 Å². The molecule has 43 heavy (non-hydrogen) atoms. The number of nitrogens with zero attached hydrogens (tertiary/aromatic N) is 3. The molecule has 0 amide bonds. The molecule has 0 radical (unpaired) electrons. The number of hydrogen-bond acceptors (Lipinski definition) is 3. The fourth-order valence-corrected chi connectivity index (χ4v) is 6.83. The lowest BCUT2D eigenvalue weighted by Crippen LogP contribution is -2.15. The Kier molecular flexibility index (Phi) is 6.28. The van der Waals surface area contributed by atoms with Crippen LogP contribution in [-0.4, -0.2) is 19.6 Å². The number of benzene rings is 4. The number of aromatic nitrogens is 3. The second-order valence-electron chi connectivity index (χ2n) is 12.9. The van der Waals surface area contributed by atoms with Gasteiger partial charge in [-0.05, 0) is 57.0 Å². The third-order valence-corrected chi connectivity index (χ3v) is 9.11. The summed E-state index contributed by atoms with van der Waals surface area (Å²) in [5, 5.41) is 13.3. The van der Waals surface area contributed by atoms with E-state index < -0.39 is 0 Å². The van der Waals surface area contributed by atoms with Crippen molar-refractivity contribution in [2.75, 3.05) is 0 Å². The van der Waals surface area contributed by atoms with E-state index in [1.54, 1.807) is 6.07 Å². The van der Waals surface area contributed by atoms with Crippen LogP contribution in [0.5, 0.6) is 5.75 Å². The summed E-state index contributed by atoms with van der Waals surface area (Å²) in [5.74, 6) is 1.70. The molecule has 4 heteroatoms. The Hall–Kier alpha value is -4.70. The zero-order chi connectivity index (χ0) is 30.0. The lowest BCUT2D eigenvalue weighted by Gasteiger charge is -2.22. The van der Waals surface area contributed by atoms with Crippen LogP contribution < -0.4 is 0 Å². The molecule has 2 aromatic heterocycles. The zero-order valence-electron chi connectivity index (χ0n) is 25.7. The average molecular weight is 564 g/mol. The van der Waals surface area contributed by atoms with E-state index in [0.717, 1.165) is 45.2 Å². The maximum absolute atomic E-state index is 11.0. The number of rotatable bonds is 5. The monoisotopic (exact) mass is 563 g/mol. The lowest BCUT2D eigenvalue weighted by atomic mass is 9.83. The van der Waals surface area contributed by atoms with Crippen molar-refractivity contribution in [3.63, 3.8) is 0 Å². The van der Waals surface area contributed by atoms with Crippen LogP contribution in [0.1, 0.15) is 75.6 Å². The van der Waals surface area contributed by atoms with Crippen molar-refractivity contribution in [2.24, 2.45) is 0 Å². The highest BCUT2D eigenvalue weighted by molar-refractivity contribution is 5.96. The van der Waals surface area contributed by atoms with Gasteiger partial charge < -0.3 is 5.11 Å². The number of hydrogen-bond donors (Lipinski definition) is 1. The number of pyridine rings is 1. The topological polar surface area (TPSA) is 50.9 Å². The maximum atomic E-state index is 11.0. The van der Waals surface area contributed by atoms with Gasteiger partial charge in [0.25, 0.3) is 0 Å². The van der Waals surface area contributed by atoms with Crippen LogP contribution in [0.25, 0.3) is 50.5 Å². The van der Waals surface area contributed by atoms with Gasteiger partial charge in [0.05, 0.1) is 17.1 Å². The van der Waals surface area contributed by atoms with Crippen molar-refractivity contribution in [3.8, 4) is 45.5 Å². The quantitative estimate of drug-likeness (QED) is 0.227. The largest absolute Gasteiger partial charge is 0.507 e. The van der Waals surface area contributed by atoms with Crippen LogP contribution in [0.2, 0.25) is 0 Å². The Balaban J connectivity index is 1.54. The van der Waals surface area contributed by atoms with Crippen LogP contribution in [-0.2, 0) is 5.41 Å².